The number of nitrogens with zero attached hydrogens (tertiary/aromatic N) is 2. The maximum Gasteiger partial charge on any atom is 0.161 e. The molecule has 2 aromatic heterocycles. The van der Waals surface area contributed by atoms with Gasteiger partial charge in [-0.15, -0.1) is 0 Å². The number of rotatable bonds is 4. The zero-order valence-corrected chi connectivity index (χ0v) is 14.1. The van der Waals surface area contributed by atoms with Gasteiger partial charge in [0.25, 0.3) is 0 Å². The van der Waals surface area contributed by atoms with Crippen molar-refractivity contribution in [1.29, 1.82) is 0 Å². The van der Waals surface area contributed by atoms with E-state index >= 15 is 0 Å². The molecule has 1 unspecified atom stereocenters. The Morgan fingerprint density at radius 3 is 2.73 bits per heavy atom. The van der Waals surface area contributed by atoms with Crippen molar-refractivity contribution in [2.45, 2.75) is 5.92 Å². The van der Waals surface area contributed by atoms with Crippen LogP contribution in [0, 0.1) is 5.82 Å². The van der Waals surface area contributed by atoms with Crippen LogP contribution in [0.2, 0.25) is 0 Å². The second kappa shape index (κ2) is 6.51. The molecule has 1 aliphatic rings. The summed E-state index contributed by atoms with van der Waals surface area (Å²) in [6, 6.07) is 8.03. The smallest absolute Gasteiger partial charge is 0.161 e. The van der Waals surface area contributed by atoms with E-state index in [0.717, 1.165) is 22.5 Å². The predicted molar refractivity (Wildman–Crippen MR) is 96.0 cm³/mol. The maximum absolute atomic E-state index is 13.2. The van der Waals surface area contributed by atoms with Gasteiger partial charge in [-0.2, -0.15) is 0 Å². The third-order valence-electron chi connectivity index (χ3n) is 4.30. The molecule has 0 saturated carbocycles. The molecule has 3 N–H and O–H groups in total. The van der Waals surface area contributed by atoms with Crippen molar-refractivity contribution >= 4 is 5.84 Å². The molecular weight excluding hydrogens is 335 g/mol. The number of hydrogen-bond donors (Lipinski definition) is 2. The summed E-state index contributed by atoms with van der Waals surface area (Å²) in [6.45, 7) is 0.481. The number of dihydropyridines is 1. The fourth-order valence-electron chi connectivity index (χ4n) is 2.96. The summed E-state index contributed by atoms with van der Waals surface area (Å²) in [4.78, 5) is 12.4. The highest BCUT2D eigenvalue weighted by Gasteiger charge is 2.24. The number of nitrogens with two attached hydrogens (primary N) is 1. The van der Waals surface area contributed by atoms with Crippen LogP contribution in [0.4, 0.5) is 4.39 Å². The molecule has 1 aliphatic heterocycles. The molecular formula is C19H17FN4O2. The Hall–Kier alpha value is -3.35. The molecule has 0 spiro atoms. The number of ether oxygens (including phenoxy) is 1. The molecule has 0 fully saturated rings. The average molecular weight is 352 g/mol. The highest BCUT2D eigenvalue weighted by atomic mass is 19.1. The fraction of sp³-hybridized carbons (Fsp3) is 0.158. The van der Waals surface area contributed by atoms with Gasteiger partial charge in [0.1, 0.15) is 11.6 Å². The zero-order valence-electron chi connectivity index (χ0n) is 14.1. The first-order valence-corrected chi connectivity index (χ1v) is 8.10. The summed E-state index contributed by atoms with van der Waals surface area (Å²) in [5.74, 6) is 1.19. The molecule has 132 valence electrons. The number of benzene rings is 1. The zero-order chi connectivity index (χ0) is 18.1. The second-order valence-corrected chi connectivity index (χ2v) is 5.93. The van der Waals surface area contributed by atoms with Crippen molar-refractivity contribution in [1.82, 2.24) is 9.97 Å². The van der Waals surface area contributed by atoms with Crippen LogP contribution < -0.4 is 5.73 Å². The molecule has 0 aliphatic carbocycles. The average Bonchev–Trinajstić information content (AvgIpc) is 3.32. The third-order valence-corrected chi connectivity index (χ3v) is 4.30. The minimum absolute atomic E-state index is 0.0798. The van der Waals surface area contributed by atoms with E-state index in [2.05, 4.69) is 9.98 Å². The van der Waals surface area contributed by atoms with E-state index in [1.807, 2.05) is 12.1 Å². The molecule has 7 heteroatoms. The van der Waals surface area contributed by atoms with Crippen LogP contribution in [-0.2, 0) is 4.74 Å². The quantitative estimate of drug-likeness (QED) is 0.752. The van der Waals surface area contributed by atoms with E-state index < -0.39 is 0 Å². The van der Waals surface area contributed by atoms with Crippen molar-refractivity contribution < 1.29 is 13.5 Å². The SMILES string of the molecule is COC1=CC(c2[nH]c(-c3ccc(F)cc3)nc2-c2ccoc2)CN=C1N. The van der Waals surface area contributed by atoms with Gasteiger partial charge in [0.2, 0.25) is 0 Å². The summed E-state index contributed by atoms with van der Waals surface area (Å²) < 4.78 is 23.7. The first-order chi connectivity index (χ1) is 12.7. The topological polar surface area (TPSA) is 89.4 Å². The van der Waals surface area contributed by atoms with Crippen LogP contribution in [0.15, 0.2) is 64.1 Å². The molecule has 26 heavy (non-hydrogen) atoms. The summed E-state index contributed by atoms with van der Waals surface area (Å²) >= 11 is 0. The van der Waals surface area contributed by atoms with Crippen LogP contribution in [0.5, 0.6) is 0 Å². The lowest BCUT2D eigenvalue weighted by Crippen LogP contribution is -2.23. The van der Waals surface area contributed by atoms with Gasteiger partial charge in [0, 0.05) is 17.0 Å². The van der Waals surface area contributed by atoms with Crippen LogP contribution in [0.1, 0.15) is 11.6 Å². The number of nitrogens with one attached hydrogen (secondary N) is 1. The molecule has 1 aromatic carbocycles. The highest BCUT2D eigenvalue weighted by Crippen LogP contribution is 2.33. The maximum atomic E-state index is 13.2. The van der Waals surface area contributed by atoms with E-state index in [9.17, 15) is 4.39 Å². The van der Waals surface area contributed by atoms with Crippen molar-refractivity contribution in [3.8, 4) is 22.6 Å². The van der Waals surface area contributed by atoms with Crippen molar-refractivity contribution in [3.63, 3.8) is 0 Å². The van der Waals surface area contributed by atoms with Gasteiger partial charge < -0.3 is 19.9 Å². The summed E-state index contributed by atoms with van der Waals surface area (Å²) in [6.07, 6.45) is 5.15. The van der Waals surface area contributed by atoms with Gasteiger partial charge >= 0.3 is 0 Å². The Morgan fingerprint density at radius 2 is 2.04 bits per heavy atom. The molecule has 0 radical (unpaired) electrons. The van der Waals surface area contributed by atoms with E-state index in [4.69, 9.17) is 19.9 Å². The van der Waals surface area contributed by atoms with E-state index in [1.54, 1.807) is 31.8 Å². The number of imidazole rings is 1. The number of methoxy groups -OCH3 is 1. The number of halogens is 1. The number of aromatic nitrogens is 2. The molecule has 3 aromatic rings. The number of aromatic amines is 1. The number of aliphatic imine (C=N–C) groups is 1. The first-order valence-electron chi connectivity index (χ1n) is 8.10. The van der Waals surface area contributed by atoms with Gasteiger partial charge in [-0.3, -0.25) is 4.99 Å². The lowest BCUT2D eigenvalue weighted by molar-refractivity contribution is 0.309. The van der Waals surface area contributed by atoms with Gasteiger partial charge in [-0.05, 0) is 36.4 Å². The normalized spacial score (nSPS) is 16.9. The van der Waals surface area contributed by atoms with E-state index in [1.165, 1.54) is 12.1 Å². The third kappa shape index (κ3) is 2.88. The standard InChI is InChI=1S/C19H17FN4O2/c1-25-15-8-13(9-22-18(15)21)17-16(12-6-7-26-10-12)23-19(24-17)11-2-4-14(20)5-3-11/h2-8,10,13H,9H2,1H3,(H2,21,22)(H,23,24). The molecule has 3 heterocycles. The molecule has 0 saturated heterocycles. The van der Waals surface area contributed by atoms with Gasteiger partial charge in [0.15, 0.2) is 11.6 Å². The summed E-state index contributed by atoms with van der Waals surface area (Å²) in [5.41, 5.74) is 9.12. The lowest BCUT2D eigenvalue weighted by atomic mass is 9.98. The van der Waals surface area contributed by atoms with Crippen LogP contribution in [0.25, 0.3) is 22.6 Å². The van der Waals surface area contributed by atoms with Crippen molar-refractivity contribution in [2.24, 2.45) is 10.7 Å². The second-order valence-electron chi connectivity index (χ2n) is 5.93. The Bertz CT molecular complexity index is 972. The van der Waals surface area contributed by atoms with E-state index in [-0.39, 0.29) is 11.7 Å². The van der Waals surface area contributed by atoms with Gasteiger partial charge in [0.05, 0.1) is 37.6 Å². The number of hydrogen-bond acceptors (Lipinski definition) is 5. The molecule has 0 amide bonds. The molecule has 4 rings (SSSR count). The van der Waals surface area contributed by atoms with Gasteiger partial charge in [-0.1, -0.05) is 0 Å². The molecule has 1 atom stereocenters. The number of furan rings is 1. The molecule has 6 nitrogen and oxygen atoms in total. The van der Waals surface area contributed by atoms with Crippen LogP contribution >= 0.6 is 0 Å². The van der Waals surface area contributed by atoms with Crippen LogP contribution in [-0.4, -0.2) is 29.5 Å². The summed E-state index contributed by atoms with van der Waals surface area (Å²) in [7, 11) is 1.56. The Kier molecular flexibility index (Phi) is 4.04. The highest BCUT2D eigenvalue weighted by molar-refractivity contribution is 5.96. The van der Waals surface area contributed by atoms with Crippen molar-refractivity contribution in [2.75, 3.05) is 13.7 Å². The minimum atomic E-state index is -0.291. The van der Waals surface area contributed by atoms with Gasteiger partial charge in [-0.25, -0.2) is 9.37 Å². The first kappa shape index (κ1) is 16.1. The van der Waals surface area contributed by atoms with Crippen LogP contribution in [0.3, 0.4) is 0 Å². The Morgan fingerprint density at radius 1 is 1.23 bits per heavy atom. The lowest BCUT2D eigenvalue weighted by Gasteiger charge is -2.18. The number of amidine groups is 1. The Labute approximate surface area is 149 Å². The Balaban J connectivity index is 1.80. The summed E-state index contributed by atoms with van der Waals surface area (Å²) in [5, 5.41) is 0. The van der Waals surface area contributed by atoms with E-state index in [0.29, 0.717) is 24.0 Å². The molecule has 0 bridgehead atoms. The monoisotopic (exact) mass is 352 g/mol. The fourth-order valence-corrected chi connectivity index (χ4v) is 2.96. The largest absolute Gasteiger partial charge is 0.493 e. The minimum Gasteiger partial charge on any atom is -0.493 e. The predicted octanol–water partition coefficient (Wildman–Crippen LogP) is 3.46. The van der Waals surface area contributed by atoms with Crippen molar-refractivity contribution in [3.05, 3.63) is 66.2 Å². The number of H-pyrrole nitrogens is 1.